The van der Waals surface area contributed by atoms with Crippen LogP contribution in [0.4, 0.5) is 9.18 Å². The van der Waals surface area contributed by atoms with Crippen LogP contribution in [0, 0.1) is 5.82 Å². The van der Waals surface area contributed by atoms with Crippen LogP contribution in [-0.2, 0) is 9.53 Å². The number of ether oxygens (including phenoxy) is 2. The van der Waals surface area contributed by atoms with Crippen molar-refractivity contribution in [2.45, 2.75) is 32.1 Å². The zero-order valence-electron chi connectivity index (χ0n) is 16.1. The summed E-state index contributed by atoms with van der Waals surface area (Å²) in [5.41, 5.74) is 0. The first-order valence-electron chi connectivity index (χ1n) is 9.32. The second kappa shape index (κ2) is 13.8. The van der Waals surface area contributed by atoms with Crippen LogP contribution in [0.3, 0.4) is 0 Å². The zero-order chi connectivity index (χ0) is 20.8. The second-order valence-corrected chi connectivity index (χ2v) is 6.49. The second-order valence-electron chi connectivity index (χ2n) is 6.08. The molecule has 0 atom stereocenters. The summed E-state index contributed by atoms with van der Waals surface area (Å²) in [7, 11) is 0. The molecule has 6 nitrogen and oxygen atoms in total. The topological polar surface area (TPSA) is 67.9 Å². The van der Waals surface area contributed by atoms with Crippen molar-refractivity contribution < 1.29 is 23.5 Å². The monoisotopic (exact) mass is 414 g/mol. The van der Waals surface area contributed by atoms with Gasteiger partial charge in [-0.2, -0.15) is 0 Å². The molecule has 1 aliphatic heterocycles. The predicted molar refractivity (Wildman–Crippen MR) is 107 cm³/mol. The molecule has 0 radical (unpaired) electrons. The fraction of sp³-hybridized carbons (Fsp3) is 0.500. The van der Waals surface area contributed by atoms with Crippen LogP contribution >= 0.6 is 11.6 Å². The van der Waals surface area contributed by atoms with Crippen molar-refractivity contribution in [3.05, 3.63) is 42.2 Å². The molecule has 2 aliphatic rings. The Labute approximate surface area is 170 Å². The third-order valence-electron chi connectivity index (χ3n) is 4.03. The van der Waals surface area contributed by atoms with Gasteiger partial charge in [-0.3, -0.25) is 4.79 Å². The third kappa shape index (κ3) is 9.08. The van der Waals surface area contributed by atoms with E-state index in [9.17, 15) is 14.0 Å². The number of hydrogen-bond donors (Lipinski definition) is 1. The number of nitrogens with zero attached hydrogens (tertiary/aromatic N) is 1. The highest BCUT2D eigenvalue weighted by Crippen LogP contribution is 2.20. The Balaban J connectivity index is 0.000000565. The van der Waals surface area contributed by atoms with Gasteiger partial charge in [-0.15, -0.1) is 13.2 Å². The van der Waals surface area contributed by atoms with E-state index in [0.717, 1.165) is 6.07 Å². The van der Waals surface area contributed by atoms with E-state index >= 15 is 0 Å². The van der Waals surface area contributed by atoms with E-state index in [2.05, 4.69) is 18.5 Å². The molecule has 156 valence electrons. The lowest BCUT2D eigenvalue weighted by Crippen LogP contribution is -2.32. The molecule has 1 saturated carbocycles. The molecule has 2 amide bonds. The number of carbonyl (C=O) groups is 2. The van der Waals surface area contributed by atoms with Crippen LogP contribution in [0.15, 0.2) is 31.4 Å². The van der Waals surface area contributed by atoms with Crippen molar-refractivity contribution in [2.24, 2.45) is 0 Å². The molecule has 0 spiro atoms. The van der Waals surface area contributed by atoms with E-state index < -0.39 is 5.82 Å². The highest BCUT2D eigenvalue weighted by molar-refractivity contribution is 6.30. The third-order valence-corrected chi connectivity index (χ3v) is 4.34. The van der Waals surface area contributed by atoms with Crippen LogP contribution in [0.2, 0.25) is 5.02 Å². The van der Waals surface area contributed by atoms with Gasteiger partial charge < -0.3 is 19.7 Å². The van der Waals surface area contributed by atoms with Crippen LogP contribution < -0.4 is 10.1 Å². The van der Waals surface area contributed by atoms with Gasteiger partial charge >= 0.3 is 6.09 Å². The molecular formula is C20H28ClFN2O4. The molecule has 1 heterocycles. The lowest BCUT2D eigenvalue weighted by molar-refractivity contribution is -0.123. The molecule has 3 rings (SSSR count). The lowest BCUT2D eigenvalue weighted by atomic mass is 10.0. The van der Waals surface area contributed by atoms with Gasteiger partial charge in [-0.25, -0.2) is 9.18 Å². The minimum Gasteiger partial charge on any atom is -0.484 e. The minimum absolute atomic E-state index is 0.00255. The van der Waals surface area contributed by atoms with Crippen LogP contribution in [-0.4, -0.2) is 49.7 Å². The van der Waals surface area contributed by atoms with E-state index in [1.54, 1.807) is 4.90 Å². The van der Waals surface area contributed by atoms with Crippen molar-refractivity contribution in [1.82, 2.24) is 10.2 Å². The fourth-order valence-corrected chi connectivity index (χ4v) is 2.26. The molecule has 1 saturated heterocycles. The maximum atomic E-state index is 13.2. The van der Waals surface area contributed by atoms with E-state index in [1.807, 2.05) is 0 Å². The molecule has 1 aromatic carbocycles. The number of nitrogens with one attached hydrogen (secondary N) is 1. The molecule has 28 heavy (non-hydrogen) atoms. The number of carbonyl (C=O) groups excluding carboxylic acids is 2. The molecule has 8 heteroatoms. The summed E-state index contributed by atoms with van der Waals surface area (Å²) < 4.78 is 23.1. The van der Waals surface area contributed by atoms with Crippen LogP contribution in [0.25, 0.3) is 0 Å². The average Bonchev–Trinajstić information content (AvgIpc) is 3.05. The zero-order valence-corrected chi connectivity index (χ0v) is 16.8. The molecule has 0 bridgehead atoms. The first-order chi connectivity index (χ1) is 13.6. The van der Waals surface area contributed by atoms with Crippen molar-refractivity contribution in [3.63, 3.8) is 0 Å². The van der Waals surface area contributed by atoms with Gasteiger partial charge in [0.05, 0.1) is 11.6 Å². The first kappa shape index (κ1) is 23.8. The van der Waals surface area contributed by atoms with Gasteiger partial charge in [-0.1, -0.05) is 37.3 Å². The number of rotatable bonds is 7. The van der Waals surface area contributed by atoms with Gasteiger partial charge in [0.2, 0.25) is 0 Å². The summed E-state index contributed by atoms with van der Waals surface area (Å²) >= 11 is 5.55. The highest BCUT2D eigenvalue weighted by atomic mass is 35.5. The van der Waals surface area contributed by atoms with Gasteiger partial charge in [-0.05, 0) is 18.6 Å². The summed E-state index contributed by atoms with van der Waals surface area (Å²) in [4.78, 5) is 24.3. The fourth-order valence-electron chi connectivity index (χ4n) is 2.14. The normalized spacial score (nSPS) is 14.5. The van der Waals surface area contributed by atoms with Crippen molar-refractivity contribution in [3.8, 4) is 5.75 Å². The molecule has 2 fully saturated rings. The summed E-state index contributed by atoms with van der Waals surface area (Å²) in [5, 5.41) is 2.65. The summed E-state index contributed by atoms with van der Waals surface area (Å²) in [5.74, 6) is -0.687. The Morgan fingerprint density at radius 3 is 2.50 bits per heavy atom. The Morgan fingerprint density at radius 2 is 1.96 bits per heavy atom. The molecule has 0 aromatic heterocycles. The highest BCUT2D eigenvalue weighted by Gasteiger charge is 2.20. The van der Waals surface area contributed by atoms with Gasteiger partial charge in [0, 0.05) is 19.2 Å². The number of amides is 2. The van der Waals surface area contributed by atoms with Gasteiger partial charge in [0.15, 0.2) is 6.61 Å². The van der Waals surface area contributed by atoms with E-state index in [4.69, 9.17) is 21.1 Å². The molecule has 0 unspecified atom stereocenters. The number of halogens is 2. The van der Waals surface area contributed by atoms with Crippen molar-refractivity contribution >= 4 is 23.6 Å². The molecule has 1 aliphatic carbocycles. The summed E-state index contributed by atoms with van der Waals surface area (Å²) in [6, 6.07) is 3.96. The maximum absolute atomic E-state index is 13.2. The standard InChI is InChI=1S/C14H16ClFN2O4.C4H8.C2H4/c15-11-3-2-10(8-12(11)16)22-9-13(19)17-4-1-5-18-6-7-21-14(18)20;1-2-4-3-1;1-2/h2-3,8H,1,4-7,9H2,(H,17,19);1-4H2;1-2H2. The van der Waals surface area contributed by atoms with Crippen LogP contribution in [0.1, 0.15) is 32.1 Å². The lowest BCUT2D eigenvalue weighted by Gasteiger charge is -2.12. The van der Waals surface area contributed by atoms with E-state index in [0.29, 0.717) is 32.7 Å². The van der Waals surface area contributed by atoms with E-state index in [1.165, 1.54) is 37.8 Å². The van der Waals surface area contributed by atoms with Gasteiger partial charge in [0.1, 0.15) is 18.2 Å². The number of hydrogen-bond acceptors (Lipinski definition) is 4. The number of cyclic esters (lactones) is 1. The molecule has 1 aromatic rings. The summed E-state index contributed by atoms with van der Waals surface area (Å²) in [6.07, 6.45) is 6.30. The van der Waals surface area contributed by atoms with Crippen LogP contribution in [0.5, 0.6) is 5.75 Å². The van der Waals surface area contributed by atoms with E-state index in [-0.39, 0.29) is 29.4 Å². The van der Waals surface area contributed by atoms with Gasteiger partial charge in [0.25, 0.3) is 5.91 Å². The Hall–Kier alpha value is -2.28. The minimum atomic E-state index is -0.600. The average molecular weight is 415 g/mol. The largest absolute Gasteiger partial charge is 0.484 e. The molecule has 1 N–H and O–H groups in total. The van der Waals surface area contributed by atoms with Crippen molar-refractivity contribution in [2.75, 3.05) is 32.8 Å². The predicted octanol–water partition coefficient (Wildman–Crippen LogP) is 4.18. The maximum Gasteiger partial charge on any atom is 0.409 e. The summed E-state index contributed by atoms with van der Waals surface area (Å²) in [6.45, 7) is 7.73. The quantitative estimate of drug-likeness (QED) is 0.537. The Morgan fingerprint density at radius 1 is 1.29 bits per heavy atom. The molecular weight excluding hydrogens is 387 g/mol. The Bertz CT molecular complexity index is 622. The SMILES string of the molecule is C1CCC1.C=C.O=C(COc1ccc(Cl)c(F)c1)NCCCN1CCOC1=O. The van der Waals surface area contributed by atoms with Crippen molar-refractivity contribution in [1.29, 1.82) is 0 Å². The smallest absolute Gasteiger partial charge is 0.409 e. The first-order valence-corrected chi connectivity index (χ1v) is 9.70. The number of benzene rings is 1. The Kier molecular flexibility index (Phi) is 11.7.